The monoisotopic (exact) mass is 444 g/mol. The summed E-state index contributed by atoms with van der Waals surface area (Å²) in [5, 5.41) is 5.51. The smallest absolute Gasteiger partial charge is 0.234 e. The first-order chi connectivity index (χ1) is 14.5. The largest absolute Gasteiger partial charge is 0.339 e. The maximum atomic E-state index is 14.0. The van der Waals surface area contributed by atoms with E-state index in [-0.39, 0.29) is 11.9 Å². The van der Waals surface area contributed by atoms with E-state index in [4.69, 9.17) is 28.2 Å². The van der Waals surface area contributed by atoms with Crippen LogP contribution >= 0.6 is 23.2 Å². The van der Waals surface area contributed by atoms with Crippen LogP contribution < -0.4 is 0 Å². The summed E-state index contributed by atoms with van der Waals surface area (Å²) in [5.74, 6) is 1.18. The molecule has 5 nitrogen and oxygen atoms in total. The van der Waals surface area contributed by atoms with Gasteiger partial charge in [-0.05, 0) is 56.2 Å². The molecule has 4 unspecified atom stereocenters. The van der Waals surface area contributed by atoms with Gasteiger partial charge in [-0.25, -0.2) is 9.67 Å². The molecule has 0 spiro atoms. The number of aromatic nitrogens is 2. The van der Waals surface area contributed by atoms with E-state index in [0.717, 1.165) is 36.5 Å². The number of likely N-dealkylation sites (tertiary alicyclic amines) is 1. The van der Waals surface area contributed by atoms with Crippen molar-refractivity contribution >= 4 is 40.6 Å². The summed E-state index contributed by atoms with van der Waals surface area (Å²) in [5.41, 5.74) is 1.76. The number of hydrogen-bond donors (Lipinski definition) is 0. The second-order valence-corrected chi connectivity index (χ2v) is 9.58. The molecule has 0 radical (unpaired) electrons. The summed E-state index contributed by atoms with van der Waals surface area (Å²) in [6.45, 7) is 2.80. The minimum Gasteiger partial charge on any atom is -0.339 e. The average molecular weight is 445 g/mol. The van der Waals surface area contributed by atoms with Crippen molar-refractivity contribution in [2.45, 2.75) is 57.5 Å². The lowest BCUT2D eigenvalue weighted by atomic mass is 9.77. The Morgan fingerprint density at radius 1 is 1.07 bits per heavy atom. The normalized spacial score (nSPS) is 28.5. The Kier molecular flexibility index (Phi) is 5.36. The van der Waals surface area contributed by atoms with Crippen molar-refractivity contribution in [2.24, 2.45) is 16.8 Å². The van der Waals surface area contributed by atoms with Crippen LogP contribution in [0.5, 0.6) is 0 Å². The average Bonchev–Trinajstić information content (AvgIpc) is 3.22. The fourth-order valence-corrected chi connectivity index (χ4v) is 5.96. The van der Waals surface area contributed by atoms with E-state index in [9.17, 15) is 4.79 Å². The SMILES string of the molecule is CC1=Nc2ccnn2C(c2ccc(Cl)c(Cl)c2)C1C(=O)N1CCCC2CCCCC21. The van der Waals surface area contributed by atoms with Gasteiger partial charge in [-0.15, -0.1) is 0 Å². The van der Waals surface area contributed by atoms with E-state index < -0.39 is 5.92 Å². The van der Waals surface area contributed by atoms with Crippen molar-refractivity contribution in [3.8, 4) is 0 Å². The molecule has 1 saturated carbocycles. The number of aliphatic imine (C=N–C) groups is 1. The molecular weight excluding hydrogens is 419 g/mol. The van der Waals surface area contributed by atoms with Crippen LogP contribution in [0.15, 0.2) is 35.5 Å². The Hall–Kier alpha value is -1.85. The van der Waals surface area contributed by atoms with Crippen LogP contribution in [-0.2, 0) is 4.79 Å². The maximum Gasteiger partial charge on any atom is 0.234 e. The van der Waals surface area contributed by atoms with E-state index >= 15 is 0 Å². The summed E-state index contributed by atoms with van der Waals surface area (Å²) in [6, 6.07) is 7.57. The third-order valence-corrected chi connectivity index (χ3v) is 7.79. The van der Waals surface area contributed by atoms with E-state index in [2.05, 4.69) is 10.00 Å². The highest BCUT2D eigenvalue weighted by molar-refractivity contribution is 6.42. The molecule has 1 aromatic carbocycles. The van der Waals surface area contributed by atoms with Crippen molar-refractivity contribution in [3.63, 3.8) is 0 Å². The Morgan fingerprint density at radius 2 is 1.87 bits per heavy atom. The van der Waals surface area contributed by atoms with Crippen molar-refractivity contribution in [1.29, 1.82) is 0 Å². The second-order valence-electron chi connectivity index (χ2n) is 8.77. The van der Waals surface area contributed by atoms with Gasteiger partial charge in [-0.2, -0.15) is 5.10 Å². The first-order valence-electron chi connectivity index (χ1n) is 10.9. The summed E-state index contributed by atoms with van der Waals surface area (Å²) in [4.78, 5) is 20.9. The highest BCUT2D eigenvalue weighted by Crippen LogP contribution is 2.41. The van der Waals surface area contributed by atoms with Crippen molar-refractivity contribution in [3.05, 3.63) is 46.1 Å². The van der Waals surface area contributed by atoms with Crippen LogP contribution in [-0.4, -0.2) is 38.9 Å². The number of halogens is 2. The van der Waals surface area contributed by atoms with Gasteiger partial charge < -0.3 is 4.90 Å². The second kappa shape index (κ2) is 8.01. The maximum absolute atomic E-state index is 14.0. The van der Waals surface area contributed by atoms with E-state index in [1.165, 1.54) is 25.7 Å². The quantitative estimate of drug-likeness (QED) is 0.597. The van der Waals surface area contributed by atoms with E-state index in [1.807, 2.05) is 29.8 Å². The third kappa shape index (κ3) is 3.36. The van der Waals surface area contributed by atoms with Gasteiger partial charge in [0.25, 0.3) is 0 Å². The molecule has 3 heterocycles. The van der Waals surface area contributed by atoms with Gasteiger partial charge in [0.2, 0.25) is 5.91 Å². The summed E-state index contributed by atoms with van der Waals surface area (Å²) < 4.78 is 1.86. The molecule has 3 aliphatic rings. The molecule has 2 aliphatic heterocycles. The van der Waals surface area contributed by atoms with Gasteiger partial charge >= 0.3 is 0 Å². The molecule has 0 bridgehead atoms. The number of nitrogens with zero attached hydrogens (tertiary/aromatic N) is 4. The molecule has 0 N–H and O–H groups in total. The number of fused-ring (bicyclic) bond motifs is 2. The molecule has 1 amide bonds. The highest BCUT2D eigenvalue weighted by atomic mass is 35.5. The Balaban J connectivity index is 1.56. The number of amides is 1. The number of carbonyl (C=O) groups is 1. The highest BCUT2D eigenvalue weighted by Gasteiger charge is 2.44. The number of benzene rings is 1. The molecule has 1 saturated heterocycles. The number of piperidine rings is 1. The molecule has 7 heteroatoms. The van der Waals surface area contributed by atoms with Crippen LogP contribution in [0.25, 0.3) is 0 Å². The molecular formula is C23H26Cl2N4O. The lowest BCUT2D eigenvalue weighted by molar-refractivity contribution is -0.140. The van der Waals surface area contributed by atoms with Gasteiger partial charge in [0.05, 0.1) is 22.3 Å². The fourth-order valence-electron chi connectivity index (χ4n) is 5.65. The molecule has 1 aliphatic carbocycles. The van der Waals surface area contributed by atoms with Crippen LogP contribution in [0.1, 0.15) is 57.1 Å². The van der Waals surface area contributed by atoms with Crippen molar-refractivity contribution in [1.82, 2.24) is 14.7 Å². The summed E-state index contributed by atoms with van der Waals surface area (Å²) >= 11 is 12.5. The molecule has 30 heavy (non-hydrogen) atoms. The van der Waals surface area contributed by atoms with Crippen molar-refractivity contribution in [2.75, 3.05) is 6.54 Å². The molecule has 5 rings (SSSR count). The fraction of sp³-hybridized carbons (Fsp3) is 0.522. The number of carbonyl (C=O) groups excluding carboxylic acids is 1. The Labute approximate surface area is 187 Å². The molecule has 1 aromatic heterocycles. The zero-order valence-corrected chi connectivity index (χ0v) is 18.6. The van der Waals surface area contributed by atoms with Crippen molar-refractivity contribution < 1.29 is 4.79 Å². The molecule has 158 valence electrons. The molecule has 2 fully saturated rings. The zero-order chi connectivity index (χ0) is 20.8. The standard InChI is InChI=1S/C23H26Cl2N4O/c1-14-21(23(30)28-12-4-6-15-5-2-3-7-19(15)28)22(29-20(27-14)10-11-26-29)16-8-9-17(24)18(25)13-16/h8-11,13,15,19,21-22H,2-7,12H2,1H3. The first-order valence-corrected chi connectivity index (χ1v) is 11.6. The number of hydrogen-bond acceptors (Lipinski definition) is 3. The first kappa shape index (κ1) is 20.1. The molecule has 2 aromatic rings. The van der Waals surface area contributed by atoms with Crippen LogP contribution in [0.2, 0.25) is 10.0 Å². The van der Waals surface area contributed by atoms with Gasteiger partial charge in [0.1, 0.15) is 5.92 Å². The lowest BCUT2D eigenvalue weighted by Gasteiger charge is -2.46. The minimum absolute atomic E-state index is 0.171. The third-order valence-electron chi connectivity index (χ3n) is 7.05. The lowest BCUT2D eigenvalue weighted by Crippen LogP contribution is -2.54. The van der Waals surface area contributed by atoms with Crippen LogP contribution in [0.4, 0.5) is 5.82 Å². The van der Waals surface area contributed by atoms with Gasteiger partial charge in [-0.3, -0.25) is 4.79 Å². The van der Waals surface area contributed by atoms with E-state index in [0.29, 0.717) is 22.0 Å². The molecule has 4 atom stereocenters. The van der Waals surface area contributed by atoms with Gasteiger partial charge in [-0.1, -0.05) is 42.1 Å². The minimum atomic E-state index is -0.393. The number of rotatable bonds is 2. The van der Waals surface area contributed by atoms with Crippen LogP contribution in [0, 0.1) is 11.8 Å². The Morgan fingerprint density at radius 3 is 2.70 bits per heavy atom. The van der Waals surface area contributed by atoms with Gasteiger partial charge in [0, 0.05) is 24.4 Å². The van der Waals surface area contributed by atoms with E-state index in [1.54, 1.807) is 12.3 Å². The summed E-state index contributed by atoms with van der Waals surface area (Å²) in [7, 11) is 0. The van der Waals surface area contributed by atoms with Gasteiger partial charge in [0.15, 0.2) is 5.82 Å². The zero-order valence-electron chi connectivity index (χ0n) is 17.1. The Bertz CT molecular complexity index is 999. The predicted octanol–water partition coefficient (Wildman–Crippen LogP) is 5.68. The predicted molar refractivity (Wildman–Crippen MR) is 120 cm³/mol. The summed E-state index contributed by atoms with van der Waals surface area (Å²) in [6.07, 6.45) is 8.92. The van der Waals surface area contributed by atoms with Crippen LogP contribution in [0.3, 0.4) is 0 Å². The topological polar surface area (TPSA) is 50.5 Å².